The van der Waals surface area contributed by atoms with Crippen molar-refractivity contribution < 1.29 is 4.79 Å². The summed E-state index contributed by atoms with van der Waals surface area (Å²) in [5.74, 6) is 0.565. The van der Waals surface area contributed by atoms with Gasteiger partial charge < -0.3 is 16.0 Å². The van der Waals surface area contributed by atoms with Crippen molar-refractivity contribution >= 4 is 6.41 Å². The molecule has 0 spiro atoms. The third kappa shape index (κ3) is 4.05. The molecule has 3 N–H and O–H groups in total. The summed E-state index contributed by atoms with van der Waals surface area (Å²) in [6.07, 6.45) is 3.09. The Morgan fingerprint density at radius 3 is 2.57 bits per heavy atom. The molecule has 0 aromatic heterocycles. The molecular weight excluding hydrogens is 262 g/mol. The Hall–Kier alpha value is -1.39. The molecule has 1 heterocycles. The molecule has 1 aliphatic heterocycles. The molecule has 1 amide bonds. The van der Waals surface area contributed by atoms with Gasteiger partial charge in [-0.05, 0) is 54.9 Å². The Morgan fingerprint density at radius 2 is 1.95 bits per heavy atom. The minimum atomic E-state index is 0.565. The second kappa shape index (κ2) is 7.57. The second-order valence-corrected chi connectivity index (χ2v) is 6.02. The number of hydrogen-bond donors (Lipinski definition) is 2. The summed E-state index contributed by atoms with van der Waals surface area (Å²) in [5, 5.41) is 3.41. The van der Waals surface area contributed by atoms with Gasteiger partial charge in [-0.3, -0.25) is 4.79 Å². The Kier molecular flexibility index (Phi) is 5.76. The van der Waals surface area contributed by atoms with E-state index in [0.29, 0.717) is 12.5 Å². The van der Waals surface area contributed by atoms with E-state index in [4.69, 9.17) is 5.73 Å². The number of nitrogens with one attached hydrogen (secondary N) is 1. The Labute approximate surface area is 127 Å². The first-order chi connectivity index (χ1) is 10.2. The molecule has 1 saturated heterocycles. The van der Waals surface area contributed by atoms with Crippen LogP contribution >= 0.6 is 0 Å². The number of piperidine rings is 1. The number of nitrogens with zero attached hydrogens (tertiary/aromatic N) is 1. The van der Waals surface area contributed by atoms with Crippen molar-refractivity contribution in [3.05, 3.63) is 34.4 Å². The van der Waals surface area contributed by atoms with Crippen LogP contribution in [-0.2, 0) is 11.3 Å². The maximum atomic E-state index is 10.8. The highest BCUT2D eigenvalue weighted by Crippen LogP contribution is 2.31. The van der Waals surface area contributed by atoms with Gasteiger partial charge in [-0.1, -0.05) is 12.1 Å². The number of likely N-dealkylation sites (tertiary alicyclic amines) is 1. The van der Waals surface area contributed by atoms with Crippen LogP contribution in [0.4, 0.5) is 0 Å². The zero-order valence-electron chi connectivity index (χ0n) is 13.2. The number of rotatable bonds is 6. The van der Waals surface area contributed by atoms with E-state index in [2.05, 4.69) is 31.3 Å². The number of hydrogen-bond acceptors (Lipinski definition) is 3. The quantitative estimate of drug-likeness (QED) is 0.619. The molecule has 4 nitrogen and oxygen atoms in total. The van der Waals surface area contributed by atoms with Gasteiger partial charge in [0.2, 0.25) is 6.41 Å². The van der Waals surface area contributed by atoms with E-state index in [-0.39, 0.29) is 0 Å². The second-order valence-electron chi connectivity index (χ2n) is 6.02. The summed E-state index contributed by atoms with van der Waals surface area (Å²) in [5.41, 5.74) is 11.1. The number of nitrogens with two attached hydrogens (primary N) is 1. The fraction of sp³-hybridized carbons (Fsp3) is 0.588. The van der Waals surface area contributed by atoms with Gasteiger partial charge in [-0.2, -0.15) is 0 Å². The Bertz CT molecular complexity index is 479. The van der Waals surface area contributed by atoms with Crippen LogP contribution in [0.1, 0.15) is 41.0 Å². The highest BCUT2D eigenvalue weighted by atomic mass is 16.1. The Balaban J connectivity index is 2.16. The zero-order chi connectivity index (χ0) is 15.2. The number of carbonyl (C=O) groups is 1. The van der Waals surface area contributed by atoms with E-state index in [1.807, 2.05) is 4.90 Å². The summed E-state index contributed by atoms with van der Waals surface area (Å²) >= 11 is 0. The lowest BCUT2D eigenvalue weighted by Gasteiger charge is -2.31. The van der Waals surface area contributed by atoms with Gasteiger partial charge in [0.15, 0.2) is 0 Å². The van der Waals surface area contributed by atoms with E-state index in [1.165, 1.54) is 22.3 Å². The molecule has 0 saturated carbocycles. The number of benzene rings is 1. The molecule has 0 bridgehead atoms. The van der Waals surface area contributed by atoms with Gasteiger partial charge in [0.1, 0.15) is 0 Å². The fourth-order valence-electron chi connectivity index (χ4n) is 3.07. The predicted molar refractivity (Wildman–Crippen MR) is 86.3 cm³/mol. The first-order valence-corrected chi connectivity index (χ1v) is 7.86. The lowest BCUT2D eigenvalue weighted by atomic mass is 9.84. The first-order valence-electron chi connectivity index (χ1n) is 7.86. The molecule has 1 aromatic rings. The van der Waals surface area contributed by atoms with Crippen LogP contribution in [0.5, 0.6) is 0 Å². The third-order valence-electron chi connectivity index (χ3n) is 4.51. The topological polar surface area (TPSA) is 58.4 Å². The lowest BCUT2D eigenvalue weighted by molar-refractivity contribution is -0.119. The summed E-state index contributed by atoms with van der Waals surface area (Å²) in [7, 11) is 0. The maximum Gasteiger partial charge on any atom is 0.209 e. The minimum Gasteiger partial charge on any atom is -0.345 e. The molecule has 0 unspecified atom stereocenters. The van der Waals surface area contributed by atoms with Crippen molar-refractivity contribution in [1.82, 2.24) is 10.2 Å². The van der Waals surface area contributed by atoms with Crippen LogP contribution in [-0.4, -0.2) is 37.5 Å². The summed E-state index contributed by atoms with van der Waals surface area (Å²) in [6.45, 7) is 8.47. The van der Waals surface area contributed by atoms with E-state index in [1.54, 1.807) is 0 Å². The highest BCUT2D eigenvalue weighted by Gasteiger charge is 2.22. The van der Waals surface area contributed by atoms with Gasteiger partial charge in [0.25, 0.3) is 0 Å². The number of carbonyl (C=O) groups excluding carboxylic acids is 1. The van der Waals surface area contributed by atoms with Gasteiger partial charge in [0.05, 0.1) is 0 Å². The van der Waals surface area contributed by atoms with Crippen molar-refractivity contribution in [2.75, 3.05) is 26.2 Å². The first kappa shape index (κ1) is 16.0. The molecule has 2 rings (SSSR count). The van der Waals surface area contributed by atoms with Gasteiger partial charge in [-0.25, -0.2) is 0 Å². The molecule has 0 atom stereocenters. The fourth-order valence-corrected chi connectivity index (χ4v) is 3.07. The van der Waals surface area contributed by atoms with Crippen LogP contribution < -0.4 is 11.1 Å². The van der Waals surface area contributed by atoms with Crippen molar-refractivity contribution in [3.8, 4) is 0 Å². The molecule has 1 aromatic carbocycles. The Morgan fingerprint density at radius 1 is 1.29 bits per heavy atom. The largest absolute Gasteiger partial charge is 0.345 e. The van der Waals surface area contributed by atoms with Crippen LogP contribution in [0.15, 0.2) is 12.1 Å². The molecule has 4 heteroatoms. The molecule has 21 heavy (non-hydrogen) atoms. The van der Waals surface area contributed by atoms with E-state index in [0.717, 1.165) is 45.4 Å². The molecule has 0 radical (unpaired) electrons. The smallest absolute Gasteiger partial charge is 0.209 e. The molecule has 1 fully saturated rings. The molecular formula is C17H27N3O. The summed E-state index contributed by atoms with van der Waals surface area (Å²) < 4.78 is 0. The van der Waals surface area contributed by atoms with Gasteiger partial charge in [-0.15, -0.1) is 0 Å². The summed E-state index contributed by atoms with van der Waals surface area (Å²) in [4.78, 5) is 12.7. The zero-order valence-corrected chi connectivity index (χ0v) is 13.2. The number of amides is 1. The van der Waals surface area contributed by atoms with Gasteiger partial charge in [0, 0.05) is 32.7 Å². The highest BCUT2D eigenvalue weighted by molar-refractivity contribution is 5.47. The molecule has 116 valence electrons. The molecule has 1 aliphatic rings. The number of aryl methyl sites for hydroxylation is 2. The van der Waals surface area contributed by atoms with Crippen LogP contribution in [0.2, 0.25) is 0 Å². The normalized spacial score (nSPS) is 16.2. The standard InChI is InChI=1S/C17H27N3O/c1-13-9-16(11-19-6-5-18)17(10-14(13)2)15-3-7-20(12-21)8-4-15/h9-10,12,15,19H,3-8,11,18H2,1-2H3. The van der Waals surface area contributed by atoms with Crippen molar-refractivity contribution in [2.45, 2.75) is 39.2 Å². The van der Waals surface area contributed by atoms with Crippen LogP contribution in [0.3, 0.4) is 0 Å². The predicted octanol–water partition coefficient (Wildman–Crippen LogP) is 1.69. The van der Waals surface area contributed by atoms with E-state index in [9.17, 15) is 4.79 Å². The van der Waals surface area contributed by atoms with Crippen LogP contribution in [0, 0.1) is 13.8 Å². The minimum absolute atomic E-state index is 0.565. The van der Waals surface area contributed by atoms with E-state index < -0.39 is 0 Å². The average molecular weight is 289 g/mol. The molecule has 0 aliphatic carbocycles. The SMILES string of the molecule is Cc1cc(CNCCN)c(C2CCN(C=O)CC2)cc1C. The van der Waals surface area contributed by atoms with E-state index >= 15 is 0 Å². The lowest BCUT2D eigenvalue weighted by Crippen LogP contribution is -2.32. The van der Waals surface area contributed by atoms with Crippen molar-refractivity contribution in [3.63, 3.8) is 0 Å². The van der Waals surface area contributed by atoms with Gasteiger partial charge >= 0.3 is 0 Å². The monoisotopic (exact) mass is 289 g/mol. The van der Waals surface area contributed by atoms with Crippen molar-refractivity contribution in [1.29, 1.82) is 0 Å². The van der Waals surface area contributed by atoms with Crippen LogP contribution in [0.25, 0.3) is 0 Å². The average Bonchev–Trinajstić information content (AvgIpc) is 2.51. The summed E-state index contributed by atoms with van der Waals surface area (Å²) in [6, 6.07) is 4.65. The maximum absolute atomic E-state index is 10.8. The van der Waals surface area contributed by atoms with Crippen molar-refractivity contribution in [2.24, 2.45) is 5.73 Å². The third-order valence-corrected chi connectivity index (χ3v) is 4.51.